The fourth-order valence-corrected chi connectivity index (χ4v) is 3.34. The molecule has 3 nitrogen and oxygen atoms in total. The number of aryl methyl sites for hydroxylation is 2. The van der Waals surface area contributed by atoms with Crippen LogP contribution in [0.3, 0.4) is 0 Å². The molecule has 2 aliphatic rings. The summed E-state index contributed by atoms with van der Waals surface area (Å²) in [5.41, 5.74) is 3.31. The first kappa shape index (κ1) is 12.5. The van der Waals surface area contributed by atoms with Gasteiger partial charge < -0.3 is 4.90 Å². The number of hydrogen-bond acceptors (Lipinski definition) is 3. The number of anilines is 1. The van der Waals surface area contributed by atoms with E-state index in [0.717, 1.165) is 30.8 Å². The summed E-state index contributed by atoms with van der Waals surface area (Å²) in [5, 5.41) is 9.42. The van der Waals surface area contributed by atoms with Crippen molar-refractivity contribution >= 4 is 5.82 Å². The molecule has 3 heteroatoms. The fourth-order valence-electron chi connectivity index (χ4n) is 3.34. The molecule has 1 fully saturated rings. The first-order chi connectivity index (χ1) is 9.29. The summed E-state index contributed by atoms with van der Waals surface area (Å²) in [5.74, 6) is 0.940. The van der Waals surface area contributed by atoms with Gasteiger partial charge in [-0.2, -0.15) is 5.26 Å². The van der Waals surface area contributed by atoms with Crippen molar-refractivity contribution in [1.82, 2.24) is 4.98 Å². The molecule has 1 atom stereocenters. The highest BCUT2D eigenvalue weighted by Gasteiger charge is 2.24. The van der Waals surface area contributed by atoms with Crippen LogP contribution < -0.4 is 4.90 Å². The third-order valence-corrected chi connectivity index (χ3v) is 4.48. The standard InChI is InChI=1S/C16H21N3/c1-12-6-4-5-9-19(12)16-14(11-17)10-13-7-2-3-8-15(13)18-16/h10,12H,2-9H2,1H3. The molecule has 1 aromatic rings. The maximum Gasteiger partial charge on any atom is 0.147 e. The van der Waals surface area contributed by atoms with E-state index in [0.29, 0.717) is 6.04 Å². The lowest BCUT2D eigenvalue weighted by Gasteiger charge is -2.35. The van der Waals surface area contributed by atoms with Crippen molar-refractivity contribution < 1.29 is 0 Å². The zero-order valence-electron chi connectivity index (χ0n) is 11.7. The minimum absolute atomic E-state index is 0.509. The van der Waals surface area contributed by atoms with Crippen molar-refractivity contribution in [3.63, 3.8) is 0 Å². The summed E-state index contributed by atoms with van der Waals surface area (Å²) in [6, 6.07) is 4.96. The van der Waals surface area contributed by atoms with Crippen LogP contribution in [0.1, 0.15) is 55.8 Å². The minimum Gasteiger partial charge on any atom is -0.353 e. The number of nitriles is 1. The van der Waals surface area contributed by atoms with Gasteiger partial charge in [-0.05, 0) is 63.5 Å². The molecule has 19 heavy (non-hydrogen) atoms. The molecule has 0 radical (unpaired) electrons. The Kier molecular flexibility index (Phi) is 3.42. The van der Waals surface area contributed by atoms with Crippen LogP contribution in [0.25, 0.3) is 0 Å². The monoisotopic (exact) mass is 255 g/mol. The third-order valence-electron chi connectivity index (χ3n) is 4.48. The van der Waals surface area contributed by atoms with Gasteiger partial charge >= 0.3 is 0 Å². The largest absolute Gasteiger partial charge is 0.353 e. The predicted molar refractivity (Wildman–Crippen MR) is 76.3 cm³/mol. The lowest BCUT2D eigenvalue weighted by molar-refractivity contribution is 0.480. The van der Waals surface area contributed by atoms with Gasteiger partial charge in [-0.1, -0.05) is 0 Å². The van der Waals surface area contributed by atoms with Crippen molar-refractivity contribution in [2.45, 2.75) is 57.9 Å². The number of hydrogen-bond donors (Lipinski definition) is 0. The van der Waals surface area contributed by atoms with Crippen LogP contribution in [0.4, 0.5) is 5.82 Å². The second-order valence-corrected chi connectivity index (χ2v) is 5.82. The van der Waals surface area contributed by atoms with Crippen molar-refractivity contribution in [3.8, 4) is 6.07 Å². The van der Waals surface area contributed by atoms with E-state index >= 15 is 0 Å². The van der Waals surface area contributed by atoms with Crippen LogP contribution >= 0.6 is 0 Å². The van der Waals surface area contributed by atoms with Gasteiger partial charge in [0.25, 0.3) is 0 Å². The summed E-state index contributed by atoms with van der Waals surface area (Å²) < 4.78 is 0. The highest BCUT2D eigenvalue weighted by molar-refractivity contribution is 5.57. The molecule has 0 amide bonds. The van der Waals surface area contributed by atoms with Gasteiger partial charge in [0.15, 0.2) is 0 Å². The van der Waals surface area contributed by atoms with E-state index in [1.54, 1.807) is 0 Å². The number of aromatic nitrogens is 1. The van der Waals surface area contributed by atoms with Crippen molar-refractivity contribution in [2.24, 2.45) is 0 Å². The van der Waals surface area contributed by atoms with E-state index < -0.39 is 0 Å². The van der Waals surface area contributed by atoms with Gasteiger partial charge in [0.05, 0.1) is 5.56 Å². The molecule has 0 bridgehead atoms. The Hall–Kier alpha value is -1.56. The van der Waals surface area contributed by atoms with E-state index in [2.05, 4.69) is 24.0 Å². The summed E-state index contributed by atoms with van der Waals surface area (Å²) in [6.45, 7) is 3.29. The average molecular weight is 255 g/mol. The first-order valence-corrected chi connectivity index (χ1v) is 7.49. The van der Waals surface area contributed by atoms with Gasteiger partial charge in [-0.25, -0.2) is 4.98 Å². The molecule has 1 saturated heterocycles. The van der Waals surface area contributed by atoms with Gasteiger partial charge in [-0.3, -0.25) is 0 Å². The topological polar surface area (TPSA) is 39.9 Å². The molecule has 2 heterocycles. The van der Waals surface area contributed by atoms with Crippen LogP contribution in [0.2, 0.25) is 0 Å². The zero-order valence-corrected chi connectivity index (χ0v) is 11.7. The van der Waals surface area contributed by atoms with Crippen molar-refractivity contribution in [1.29, 1.82) is 5.26 Å². The quantitative estimate of drug-likeness (QED) is 0.773. The number of fused-ring (bicyclic) bond motifs is 1. The van der Waals surface area contributed by atoms with Crippen LogP contribution in [-0.2, 0) is 12.8 Å². The lowest BCUT2D eigenvalue weighted by Crippen LogP contribution is -2.38. The van der Waals surface area contributed by atoms with Gasteiger partial charge in [0, 0.05) is 18.3 Å². The maximum absolute atomic E-state index is 9.42. The second-order valence-electron chi connectivity index (χ2n) is 5.82. The van der Waals surface area contributed by atoms with E-state index in [-0.39, 0.29) is 0 Å². The van der Waals surface area contributed by atoms with Gasteiger partial charge in [0.1, 0.15) is 11.9 Å². The highest BCUT2D eigenvalue weighted by atomic mass is 15.2. The summed E-state index contributed by atoms with van der Waals surface area (Å²) in [6.07, 6.45) is 8.37. The summed E-state index contributed by atoms with van der Waals surface area (Å²) in [4.78, 5) is 7.21. The normalized spacial score (nSPS) is 22.7. The number of nitrogens with zero attached hydrogens (tertiary/aromatic N) is 3. The van der Waals surface area contributed by atoms with Crippen molar-refractivity contribution in [3.05, 3.63) is 22.9 Å². The number of piperidine rings is 1. The van der Waals surface area contributed by atoms with Crippen LogP contribution in [0.15, 0.2) is 6.07 Å². The smallest absolute Gasteiger partial charge is 0.147 e. The Morgan fingerprint density at radius 3 is 2.89 bits per heavy atom. The van der Waals surface area contributed by atoms with E-state index in [9.17, 15) is 5.26 Å². The van der Waals surface area contributed by atoms with Crippen molar-refractivity contribution in [2.75, 3.05) is 11.4 Å². The first-order valence-electron chi connectivity index (χ1n) is 7.49. The maximum atomic E-state index is 9.42. The number of pyridine rings is 1. The molecule has 1 aliphatic carbocycles. The Balaban J connectivity index is 2.02. The van der Waals surface area contributed by atoms with Gasteiger partial charge in [-0.15, -0.1) is 0 Å². The molecule has 0 saturated carbocycles. The Bertz CT molecular complexity index is 515. The predicted octanol–water partition coefficient (Wildman–Crippen LogP) is 3.21. The fraction of sp³-hybridized carbons (Fsp3) is 0.625. The molecule has 0 N–H and O–H groups in total. The Morgan fingerprint density at radius 1 is 1.26 bits per heavy atom. The Labute approximate surface area is 115 Å². The molecule has 0 aromatic carbocycles. The molecule has 100 valence electrons. The number of rotatable bonds is 1. The van der Waals surface area contributed by atoms with E-state index in [4.69, 9.17) is 4.98 Å². The SMILES string of the molecule is CC1CCCCN1c1nc2c(cc1C#N)CCCC2. The molecular weight excluding hydrogens is 234 g/mol. The molecular formula is C16H21N3. The third kappa shape index (κ3) is 2.32. The summed E-state index contributed by atoms with van der Waals surface area (Å²) >= 11 is 0. The second kappa shape index (κ2) is 5.21. The van der Waals surface area contributed by atoms with E-state index in [1.807, 2.05) is 0 Å². The highest BCUT2D eigenvalue weighted by Crippen LogP contribution is 2.30. The zero-order chi connectivity index (χ0) is 13.2. The van der Waals surface area contributed by atoms with Crippen LogP contribution in [0, 0.1) is 11.3 Å². The molecule has 1 aromatic heterocycles. The van der Waals surface area contributed by atoms with Gasteiger partial charge in [0.2, 0.25) is 0 Å². The average Bonchev–Trinajstić information content (AvgIpc) is 2.46. The molecule has 0 spiro atoms. The molecule has 3 rings (SSSR count). The molecule has 1 aliphatic heterocycles. The minimum atomic E-state index is 0.509. The van der Waals surface area contributed by atoms with Crippen LogP contribution in [-0.4, -0.2) is 17.6 Å². The Morgan fingerprint density at radius 2 is 2.11 bits per heavy atom. The lowest BCUT2D eigenvalue weighted by atomic mass is 9.94. The molecule has 1 unspecified atom stereocenters. The van der Waals surface area contributed by atoms with Crippen LogP contribution in [0.5, 0.6) is 0 Å². The van der Waals surface area contributed by atoms with E-state index in [1.165, 1.54) is 43.4 Å². The summed E-state index contributed by atoms with van der Waals surface area (Å²) in [7, 11) is 0.